The van der Waals surface area contributed by atoms with Crippen molar-refractivity contribution >= 4 is 22.6 Å². The first-order valence-corrected chi connectivity index (χ1v) is 7.36. The molecular formula is C15H19ClN2O. The Morgan fingerprint density at radius 1 is 1.53 bits per heavy atom. The Kier molecular flexibility index (Phi) is 3.50. The van der Waals surface area contributed by atoms with E-state index >= 15 is 0 Å². The van der Waals surface area contributed by atoms with Gasteiger partial charge in [-0.25, -0.2) is 4.98 Å². The summed E-state index contributed by atoms with van der Waals surface area (Å²) in [6.07, 6.45) is 1.12. The lowest BCUT2D eigenvalue weighted by molar-refractivity contribution is 0.175. The number of fused-ring (bicyclic) bond motifs is 1. The number of ether oxygens (including phenoxy) is 1. The smallest absolute Gasteiger partial charge is 0.125 e. The summed E-state index contributed by atoms with van der Waals surface area (Å²) >= 11 is 6.09. The lowest BCUT2D eigenvalue weighted by Crippen LogP contribution is -2.18. The van der Waals surface area contributed by atoms with Crippen molar-refractivity contribution in [2.24, 2.45) is 5.92 Å². The van der Waals surface area contributed by atoms with Crippen molar-refractivity contribution in [3.63, 3.8) is 0 Å². The molecule has 4 heteroatoms. The number of imidazole rings is 1. The van der Waals surface area contributed by atoms with E-state index in [0.29, 0.717) is 17.8 Å². The fourth-order valence-electron chi connectivity index (χ4n) is 3.00. The summed E-state index contributed by atoms with van der Waals surface area (Å²) in [6, 6.07) is 6.70. The fourth-order valence-corrected chi connectivity index (χ4v) is 3.19. The molecule has 2 heterocycles. The van der Waals surface area contributed by atoms with Gasteiger partial charge in [-0.15, -0.1) is 11.6 Å². The summed E-state index contributed by atoms with van der Waals surface area (Å²) in [7, 11) is 0. The number of hydrogen-bond donors (Lipinski definition) is 0. The summed E-state index contributed by atoms with van der Waals surface area (Å²) in [5.41, 5.74) is 3.47. The van der Waals surface area contributed by atoms with Gasteiger partial charge in [0, 0.05) is 18.6 Å². The molecule has 1 aromatic heterocycles. The van der Waals surface area contributed by atoms with E-state index in [1.807, 2.05) is 0 Å². The van der Waals surface area contributed by atoms with Gasteiger partial charge in [-0.3, -0.25) is 0 Å². The van der Waals surface area contributed by atoms with Crippen molar-refractivity contribution < 1.29 is 4.74 Å². The lowest BCUT2D eigenvalue weighted by atomic mass is 10.00. The van der Waals surface area contributed by atoms with E-state index in [9.17, 15) is 0 Å². The number of para-hydroxylation sites is 1. The minimum Gasteiger partial charge on any atom is -0.381 e. The van der Waals surface area contributed by atoms with Gasteiger partial charge in [0.2, 0.25) is 0 Å². The highest BCUT2D eigenvalue weighted by Crippen LogP contribution is 2.31. The first-order chi connectivity index (χ1) is 9.22. The topological polar surface area (TPSA) is 27.1 Å². The number of rotatable bonds is 3. The van der Waals surface area contributed by atoms with Crippen LogP contribution in [0.15, 0.2) is 18.2 Å². The highest BCUT2D eigenvalue weighted by Gasteiger charge is 2.26. The van der Waals surface area contributed by atoms with Crippen LogP contribution < -0.4 is 0 Å². The van der Waals surface area contributed by atoms with E-state index < -0.39 is 0 Å². The van der Waals surface area contributed by atoms with Crippen LogP contribution in [0, 0.1) is 12.8 Å². The normalized spacial score (nSPS) is 21.1. The van der Waals surface area contributed by atoms with Gasteiger partial charge >= 0.3 is 0 Å². The van der Waals surface area contributed by atoms with Gasteiger partial charge < -0.3 is 9.30 Å². The van der Waals surface area contributed by atoms with Crippen molar-refractivity contribution in [3.05, 3.63) is 29.6 Å². The first-order valence-electron chi connectivity index (χ1n) is 6.82. The summed E-state index contributed by atoms with van der Waals surface area (Å²) in [5.74, 6) is 1.97. The van der Waals surface area contributed by atoms with E-state index in [1.54, 1.807) is 0 Å². The van der Waals surface area contributed by atoms with Gasteiger partial charge in [0.15, 0.2) is 0 Å². The molecule has 2 atom stereocenters. The van der Waals surface area contributed by atoms with Crippen LogP contribution in [0.2, 0.25) is 0 Å². The predicted octanol–water partition coefficient (Wildman–Crippen LogP) is 3.68. The molecule has 0 spiro atoms. The highest BCUT2D eigenvalue weighted by atomic mass is 35.5. The SMILES string of the molecule is Cc1cccc2c1nc(CCl)n2C(C)C1CCOC1. The highest BCUT2D eigenvalue weighted by molar-refractivity contribution is 6.16. The molecule has 19 heavy (non-hydrogen) atoms. The zero-order valence-corrected chi connectivity index (χ0v) is 12.2. The van der Waals surface area contributed by atoms with Crippen LogP contribution in [0.5, 0.6) is 0 Å². The van der Waals surface area contributed by atoms with Crippen LogP contribution in [-0.4, -0.2) is 22.8 Å². The number of hydrogen-bond acceptors (Lipinski definition) is 2. The quantitative estimate of drug-likeness (QED) is 0.801. The molecule has 0 aliphatic carbocycles. The van der Waals surface area contributed by atoms with Crippen LogP contribution in [0.4, 0.5) is 0 Å². The van der Waals surface area contributed by atoms with E-state index in [2.05, 4.69) is 36.6 Å². The predicted molar refractivity (Wildman–Crippen MR) is 77.7 cm³/mol. The molecule has 0 saturated carbocycles. The standard InChI is InChI=1S/C15H19ClN2O/c1-10-4-3-5-13-15(10)17-14(8-16)18(13)11(2)12-6-7-19-9-12/h3-5,11-12H,6-9H2,1-2H3. The first kappa shape index (κ1) is 12.9. The Morgan fingerprint density at radius 3 is 3.05 bits per heavy atom. The number of benzene rings is 1. The van der Waals surface area contributed by atoms with Crippen molar-refractivity contribution in [3.8, 4) is 0 Å². The Hall–Kier alpha value is -1.06. The molecule has 2 aromatic rings. The average molecular weight is 279 g/mol. The summed E-state index contributed by atoms with van der Waals surface area (Å²) in [6.45, 7) is 6.06. The Labute approximate surface area is 118 Å². The largest absolute Gasteiger partial charge is 0.381 e. The molecule has 3 rings (SSSR count). The molecule has 2 unspecified atom stereocenters. The minimum atomic E-state index is 0.378. The fraction of sp³-hybridized carbons (Fsp3) is 0.533. The third kappa shape index (κ3) is 2.15. The Morgan fingerprint density at radius 2 is 2.37 bits per heavy atom. The van der Waals surface area contributed by atoms with Crippen LogP contribution in [0.1, 0.15) is 30.8 Å². The van der Waals surface area contributed by atoms with Gasteiger partial charge in [0.05, 0.1) is 23.5 Å². The number of aromatic nitrogens is 2. The van der Waals surface area contributed by atoms with Gasteiger partial charge in [-0.2, -0.15) is 0 Å². The van der Waals surface area contributed by atoms with Gasteiger partial charge in [-0.1, -0.05) is 12.1 Å². The molecule has 0 amide bonds. The second kappa shape index (κ2) is 5.14. The monoisotopic (exact) mass is 278 g/mol. The van der Waals surface area contributed by atoms with E-state index in [4.69, 9.17) is 21.3 Å². The Balaban J connectivity index is 2.12. The molecule has 1 fully saturated rings. The number of halogens is 1. The van der Waals surface area contributed by atoms with Crippen LogP contribution in [0.3, 0.4) is 0 Å². The second-order valence-electron chi connectivity index (χ2n) is 5.34. The van der Waals surface area contributed by atoms with Crippen molar-refractivity contribution in [2.45, 2.75) is 32.2 Å². The van der Waals surface area contributed by atoms with Crippen LogP contribution in [0.25, 0.3) is 11.0 Å². The zero-order valence-electron chi connectivity index (χ0n) is 11.4. The maximum absolute atomic E-state index is 6.09. The van der Waals surface area contributed by atoms with Gasteiger partial charge in [-0.05, 0) is 31.9 Å². The molecule has 0 bridgehead atoms. The average Bonchev–Trinajstić information content (AvgIpc) is 3.05. The minimum absolute atomic E-state index is 0.378. The maximum Gasteiger partial charge on any atom is 0.125 e. The summed E-state index contributed by atoms with van der Waals surface area (Å²) < 4.78 is 7.82. The molecule has 0 N–H and O–H groups in total. The van der Waals surface area contributed by atoms with Crippen molar-refractivity contribution in [1.29, 1.82) is 0 Å². The molecule has 0 radical (unpaired) electrons. The summed E-state index contributed by atoms with van der Waals surface area (Å²) in [4.78, 5) is 4.71. The summed E-state index contributed by atoms with van der Waals surface area (Å²) in [5, 5.41) is 0. The third-order valence-corrected chi connectivity index (χ3v) is 4.41. The van der Waals surface area contributed by atoms with Crippen LogP contribution >= 0.6 is 11.6 Å². The lowest BCUT2D eigenvalue weighted by Gasteiger charge is -2.22. The molecule has 1 aromatic carbocycles. The Bertz CT molecular complexity index is 587. The maximum atomic E-state index is 6.09. The molecular weight excluding hydrogens is 260 g/mol. The second-order valence-corrected chi connectivity index (χ2v) is 5.61. The number of nitrogens with zero attached hydrogens (tertiary/aromatic N) is 2. The van der Waals surface area contributed by atoms with E-state index in [-0.39, 0.29) is 0 Å². The molecule has 1 aliphatic rings. The van der Waals surface area contributed by atoms with E-state index in [0.717, 1.165) is 31.0 Å². The van der Waals surface area contributed by atoms with Crippen LogP contribution in [-0.2, 0) is 10.6 Å². The number of aryl methyl sites for hydroxylation is 1. The van der Waals surface area contributed by atoms with Gasteiger partial charge in [0.25, 0.3) is 0 Å². The molecule has 1 saturated heterocycles. The number of alkyl halides is 1. The molecule has 102 valence electrons. The van der Waals surface area contributed by atoms with Crippen molar-refractivity contribution in [1.82, 2.24) is 9.55 Å². The zero-order chi connectivity index (χ0) is 13.4. The third-order valence-electron chi connectivity index (χ3n) is 4.17. The van der Waals surface area contributed by atoms with E-state index in [1.165, 1.54) is 11.1 Å². The molecule has 3 nitrogen and oxygen atoms in total. The van der Waals surface area contributed by atoms with Crippen molar-refractivity contribution in [2.75, 3.05) is 13.2 Å². The van der Waals surface area contributed by atoms with Gasteiger partial charge in [0.1, 0.15) is 5.82 Å². The molecule has 1 aliphatic heterocycles.